The average molecular weight is 757 g/mol. The number of rotatable bonds is 40. The Hall–Kier alpha value is -1.47. The zero-order valence-corrected chi connectivity index (χ0v) is 34.9. The number of hydrogen-bond donors (Lipinski definition) is 1. The quantitative estimate of drug-likeness (QED) is 0.0285. The molecule has 0 saturated carbocycles. The van der Waals surface area contributed by atoms with E-state index in [9.17, 15) is 19.0 Å². The van der Waals surface area contributed by atoms with Crippen molar-refractivity contribution in [1.29, 1.82) is 0 Å². The van der Waals surface area contributed by atoms with Crippen LogP contribution in [0.2, 0.25) is 0 Å². The lowest BCUT2D eigenvalue weighted by Crippen LogP contribution is -2.29. The summed E-state index contributed by atoms with van der Waals surface area (Å²) in [7, 11) is -4.28. The standard InChI is InChI=1S/C43H81O8P/c1-4-7-9-11-13-15-17-19-20-21-22-23-24-26-28-30-32-34-36-38-43(45)51-41(40-50-52(46,47)49-6-3)39-48-42(44)37-35-33-31-29-27-25-18-16-14-12-10-8-5-2/h16,18-20,41H,4-15,17,21-40H2,1-3H3,(H,46,47)/b18-16-,20-19-. The van der Waals surface area contributed by atoms with E-state index < -0.39 is 26.5 Å². The van der Waals surface area contributed by atoms with Gasteiger partial charge in [-0.05, 0) is 71.1 Å². The second-order valence-corrected chi connectivity index (χ2v) is 15.8. The molecule has 0 radical (unpaired) electrons. The van der Waals surface area contributed by atoms with Gasteiger partial charge in [0.1, 0.15) is 6.61 Å². The van der Waals surface area contributed by atoms with E-state index in [1.807, 2.05) is 0 Å². The van der Waals surface area contributed by atoms with Crippen molar-refractivity contribution in [1.82, 2.24) is 0 Å². The molecule has 0 aromatic carbocycles. The Morgan fingerprint density at radius 2 is 0.865 bits per heavy atom. The summed E-state index contributed by atoms with van der Waals surface area (Å²) in [6, 6.07) is 0. The maximum atomic E-state index is 12.5. The number of carbonyl (C=O) groups excluding carboxylic acids is 2. The molecule has 0 rings (SSSR count). The van der Waals surface area contributed by atoms with Crippen LogP contribution < -0.4 is 0 Å². The van der Waals surface area contributed by atoms with Crippen LogP contribution in [0.25, 0.3) is 0 Å². The van der Waals surface area contributed by atoms with Gasteiger partial charge in [-0.15, -0.1) is 0 Å². The van der Waals surface area contributed by atoms with Crippen LogP contribution in [0.4, 0.5) is 0 Å². The first kappa shape index (κ1) is 50.5. The summed E-state index contributed by atoms with van der Waals surface area (Å²) in [5.74, 6) is -0.805. The molecule has 52 heavy (non-hydrogen) atoms. The number of hydrogen-bond acceptors (Lipinski definition) is 7. The summed E-state index contributed by atoms with van der Waals surface area (Å²) < 4.78 is 32.6. The highest BCUT2D eigenvalue weighted by atomic mass is 31.2. The molecule has 0 saturated heterocycles. The molecule has 0 heterocycles. The van der Waals surface area contributed by atoms with Gasteiger partial charge < -0.3 is 14.4 Å². The molecule has 306 valence electrons. The van der Waals surface area contributed by atoms with Crippen molar-refractivity contribution >= 4 is 19.8 Å². The summed E-state index contributed by atoms with van der Waals surface area (Å²) in [6.45, 7) is 5.46. The molecule has 0 bridgehead atoms. The molecule has 0 fully saturated rings. The lowest BCUT2D eigenvalue weighted by Gasteiger charge is -2.19. The minimum Gasteiger partial charge on any atom is -0.462 e. The Morgan fingerprint density at radius 1 is 0.500 bits per heavy atom. The van der Waals surface area contributed by atoms with Crippen molar-refractivity contribution in [3.05, 3.63) is 24.3 Å². The lowest BCUT2D eigenvalue weighted by atomic mass is 10.1. The third kappa shape index (κ3) is 38.3. The second kappa shape index (κ2) is 39.2. The van der Waals surface area contributed by atoms with Crippen molar-refractivity contribution in [2.75, 3.05) is 19.8 Å². The van der Waals surface area contributed by atoms with E-state index in [0.717, 1.165) is 51.4 Å². The third-order valence-electron chi connectivity index (χ3n) is 9.23. The van der Waals surface area contributed by atoms with E-state index in [1.165, 1.54) is 122 Å². The van der Waals surface area contributed by atoms with Crippen LogP contribution in [0.15, 0.2) is 24.3 Å². The minimum absolute atomic E-state index is 0.0000411. The van der Waals surface area contributed by atoms with Crippen molar-refractivity contribution in [3.8, 4) is 0 Å². The van der Waals surface area contributed by atoms with Crippen LogP contribution in [0.1, 0.15) is 213 Å². The van der Waals surface area contributed by atoms with Gasteiger partial charge in [0.05, 0.1) is 13.2 Å². The Balaban J connectivity index is 4.06. The van der Waals surface area contributed by atoms with Crippen molar-refractivity contribution in [3.63, 3.8) is 0 Å². The predicted molar refractivity (Wildman–Crippen MR) is 216 cm³/mol. The van der Waals surface area contributed by atoms with Crippen LogP contribution in [-0.2, 0) is 32.7 Å². The SMILES string of the molecule is CCCCCC/C=C\CCCCCCCC(=O)OCC(COP(=O)(O)OCC)OC(=O)CCCCCCCCCCC/C=C\CCCCCCCC. The molecule has 8 nitrogen and oxygen atoms in total. The number of phosphoric acid groups is 1. The van der Waals surface area contributed by atoms with Crippen molar-refractivity contribution < 1.29 is 37.6 Å². The zero-order chi connectivity index (χ0) is 38.2. The van der Waals surface area contributed by atoms with Crippen molar-refractivity contribution in [2.45, 2.75) is 219 Å². The molecular weight excluding hydrogens is 675 g/mol. The predicted octanol–water partition coefficient (Wildman–Crippen LogP) is 13.5. The fourth-order valence-corrected chi connectivity index (χ4v) is 6.79. The smallest absolute Gasteiger partial charge is 0.462 e. The van der Waals surface area contributed by atoms with Gasteiger partial charge in [-0.25, -0.2) is 4.57 Å². The Labute approximate surface area is 320 Å². The molecule has 0 aliphatic rings. The number of ether oxygens (including phenoxy) is 2. The Kier molecular flexibility index (Phi) is 38.1. The van der Waals surface area contributed by atoms with Gasteiger partial charge in [0, 0.05) is 12.8 Å². The molecule has 0 amide bonds. The van der Waals surface area contributed by atoms with Gasteiger partial charge in [-0.2, -0.15) is 0 Å². The first-order valence-corrected chi connectivity index (χ1v) is 23.1. The summed E-state index contributed by atoms with van der Waals surface area (Å²) in [4.78, 5) is 34.7. The molecule has 9 heteroatoms. The minimum atomic E-state index is -4.28. The van der Waals surface area contributed by atoms with E-state index in [-0.39, 0.29) is 32.0 Å². The highest BCUT2D eigenvalue weighted by Gasteiger charge is 2.25. The molecule has 1 N–H and O–H groups in total. The maximum absolute atomic E-state index is 12.5. The van der Waals surface area contributed by atoms with E-state index in [4.69, 9.17) is 18.5 Å². The van der Waals surface area contributed by atoms with Crippen LogP contribution >= 0.6 is 7.82 Å². The van der Waals surface area contributed by atoms with Gasteiger partial charge in [0.25, 0.3) is 0 Å². The zero-order valence-electron chi connectivity index (χ0n) is 34.0. The van der Waals surface area contributed by atoms with Crippen LogP contribution in [0, 0.1) is 0 Å². The molecular formula is C43H81O8P. The molecule has 0 aliphatic heterocycles. The second-order valence-electron chi connectivity index (χ2n) is 14.4. The first-order valence-electron chi connectivity index (χ1n) is 21.6. The molecule has 0 aliphatic carbocycles. The summed E-state index contributed by atoms with van der Waals surface area (Å²) >= 11 is 0. The normalized spacial score (nSPS) is 13.5. The lowest BCUT2D eigenvalue weighted by molar-refractivity contribution is -0.161. The van der Waals surface area contributed by atoms with Gasteiger partial charge >= 0.3 is 19.8 Å². The van der Waals surface area contributed by atoms with E-state index >= 15 is 0 Å². The highest BCUT2D eigenvalue weighted by Crippen LogP contribution is 2.43. The number of carbonyl (C=O) groups is 2. The third-order valence-corrected chi connectivity index (χ3v) is 10.3. The van der Waals surface area contributed by atoms with E-state index in [1.54, 1.807) is 6.92 Å². The molecule has 2 unspecified atom stereocenters. The average Bonchev–Trinajstić information content (AvgIpc) is 3.12. The van der Waals surface area contributed by atoms with Gasteiger partial charge in [-0.1, -0.05) is 154 Å². The molecule has 0 aromatic heterocycles. The maximum Gasteiger partial charge on any atom is 0.472 e. The molecule has 2 atom stereocenters. The number of unbranched alkanes of at least 4 members (excludes halogenated alkanes) is 24. The fourth-order valence-electron chi connectivity index (χ4n) is 6.03. The molecule has 0 spiro atoms. The summed E-state index contributed by atoms with van der Waals surface area (Å²) in [6.07, 6.45) is 42.3. The number of phosphoric ester groups is 1. The monoisotopic (exact) mass is 757 g/mol. The van der Waals surface area contributed by atoms with Crippen molar-refractivity contribution in [2.24, 2.45) is 0 Å². The van der Waals surface area contributed by atoms with Crippen LogP contribution in [0.5, 0.6) is 0 Å². The summed E-state index contributed by atoms with van der Waals surface area (Å²) in [5.41, 5.74) is 0. The van der Waals surface area contributed by atoms with Gasteiger partial charge in [-0.3, -0.25) is 18.6 Å². The van der Waals surface area contributed by atoms with Crippen LogP contribution in [-0.4, -0.2) is 42.8 Å². The van der Waals surface area contributed by atoms with E-state index in [2.05, 4.69) is 38.2 Å². The van der Waals surface area contributed by atoms with E-state index in [0.29, 0.717) is 6.42 Å². The van der Waals surface area contributed by atoms with Crippen LogP contribution in [0.3, 0.4) is 0 Å². The first-order chi connectivity index (χ1) is 25.3. The number of allylic oxidation sites excluding steroid dienone is 4. The topological polar surface area (TPSA) is 108 Å². The highest BCUT2D eigenvalue weighted by molar-refractivity contribution is 7.47. The van der Waals surface area contributed by atoms with Gasteiger partial charge in [0.2, 0.25) is 0 Å². The Morgan fingerprint density at radius 3 is 1.29 bits per heavy atom. The Bertz CT molecular complexity index is 906. The largest absolute Gasteiger partial charge is 0.472 e. The fraction of sp³-hybridized carbons (Fsp3) is 0.860. The number of esters is 2. The van der Waals surface area contributed by atoms with Gasteiger partial charge in [0.15, 0.2) is 6.10 Å². The summed E-state index contributed by atoms with van der Waals surface area (Å²) in [5, 5.41) is 0. The molecule has 0 aromatic rings.